The van der Waals surface area contributed by atoms with E-state index in [1.807, 2.05) is 11.8 Å². The van der Waals surface area contributed by atoms with Crippen LogP contribution in [0.25, 0.3) is 0 Å². The number of nitrogens with zero attached hydrogens (tertiary/aromatic N) is 3. The summed E-state index contributed by atoms with van der Waals surface area (Å²) in [5.41, 5.74) is 9.27. The molecule has 3 aliphatic rings. The second-order valence-corrected chi connectivity index (χ2v) is 9.88. The van der Waals surface area contributed by atoms with E-state index in [0.717, 1.165) is 31.8 Å². The second kappa shape index (κ2) is 9.44. The molecule has 0 saturated carbocycles. The van der Waals surface area contributed by atoms with Crippen molar-refractivity contribution in [1.29, 1.82) is 0 Å². The van der Waals surface area contributed by atoms with Gasteiger partial charge in [0, 0.05) is 79.5 Å². The first-order valence-electron chi connectivity index (χ1n) is 11.4. The molecule has 164 valence electrons. The van der Waals surface area contributed by atoms with Gasteiger partial charge in [-0.3, -0.25) is 0 Å². The Morgan fingerprint density at radius 1 is 1.10 bits per heavy atom. The number of hydrogen-bond acceptors (Lipinski definition) is 4. The molecule has 3 nitrogen and oxygen atoms in total. The Balaban J connectivity index is 1.55. The molecule has 4 rings (SSSR count). The van der Waals surface area contributed by atoms with Gasteiger partial charge < -0.3 is 14.7 Å². The first-order chi connectivity index (χ1) is 15.0. The molecule has 0 spiro atoms. The van der Waals surface area contributed by atoms with Crippen molar-refractivity contribution in [2.24, 2.45) is 0 Å². The number of anilines is 1. The summed E-state index contributed by atoms with van der Waals surface area (Å²) in [5.74, 6) is 1.23. The molecule has 0 amide bonds. The molecule has 0 N–H and O–H groups in total. The maximum Gasteiger partial charge on any atom is 0.0484 e. The lowest BCUT2D eigenvalue weighted by Crippen LogP contribution is -2.25. The van der Waals surface area contributed by atoms with Crippen molar-refractivity contribution in [3.05, 3.63) is 88.9 Å². The Bertz CT molecular complexity index is 947. The predicted octanol–water partition coefficient (Wildman–Crippen LogP) is 5.95. The van der Waals surface area contributed by atoms with Crippen LogP contribution in [0.2, 0.25) is 0 Å². The molecular formula is C27H35N3S. The van der Waals surface area contributed by atoms with Crippen molar-refractivity contribution >= 4 is 17.4 Å². The van der Waals surface area contributed by atoms with Gasteiger partial charge in [0.2, 0.25) is 0 Å². The van der Waals surface area contributed by atoms with E-state index in [0.29, 0.717) is 5.25 Å². The van der Waals surface area contributed by atoms with Crippen LogP contribution in [0.3, 0.4) is 0 Å². The molecule has 1 atom stereocenters. The third-order valence-electron chi connectivity index (χ3n) is 6.30. The van der Waals surface area contributed by atoms with E-state index >= 15 is 0 Å². The molecule has 0 bridgehead atoms. The monoisotopic (exact) mass is 433 g/mol. The van der Waals surface area contributed by atoms with Gasteiger partial charge >= 0.3 is 0 Å². The second-order valence-electron chi connectivity index (χ2n) is 8.64. The first-order valence-corrected chi connectivity index (χ1v) is 12.5. The zero-order chi connectivity index (χ0) is 22.0. The maximum absolute atomic E-state index is 4.33. The Kier molecular flexibility index (Phi) is 6.66. The van der Waals surface area contributed by atoms with Gasteiger partial charge in [-0.25, -0.2) is 0 Å². The normalized spacial score (nSPS) is 20.2. The lowest BCUT2D eigenvalue weighted by molar-refractivity contribution is 0.403. The number of likely N-dealkylation sites (N-methyl/N-ethyl adjacent to an activating group) is 1. The summed E-state index contributed by atoms with van der Waals surface area (Å²) < 4.78 is 0. The summed E-state index contributed by atoms with van der Waals surface area (Å²) in [5, 5.41) is 0.628. The number of rotatable bonds is 8. The largest absolute Gasteiger partial charge is 0.375 e. The Morgan fingerprint density at radius 2 is 1.84 bits per heavy atom. The molecule has 1 aliphatic carbocycles. The number of hydrogen-bond donors (Lipinski definition) is 0. The standard InChI is InChI=1S/C27H35N3S/c1-6-15-28(4)22-13-11-21(12-14-22)18-29(5)23-9-8-10-26-24(17-23)25(27-19-31-27)16-20(3)30(26)7-2/h8,10-14,16-17,27H,3,6-7,9,15,18-19H2,1-2,4-5H3. The van der Waals surface area contributed by atoms with Gasteiger partial charge in [-0.1, -0.05) is 31.7 Å². The van der Waals surface area contributed by atoms with Crippen LogP contribution in [0.1, 0.15) is 32.3 Å². The fraction of sp³-hybridized carbons (Fsp3) is 0.407. The van der Waals surface area contributed by atoms with E-state index in [4.69, 9.17) is 0 Å². The lowest BCUT2D eigenvalue weighted by Gasteiger charge is -2.32. The minimum absolute atomic E-state index is 0.628. The van der Waals surface area contributed by atoms with Crippen LogP contribution >= 0.6 is 11.8 Å². The highest BCUT2D eigenvalue weighted by Crippen LogP contribution is 2.45. The van der Waals surface area contributed by atoms with E-state index in [2.05, 4.69) is 97.8 Å². The average Bonchev–Trinajstić information content (AvgIpc) is 3.61. The van der Waals surface area contributed by atoms with Crippen molar-refractivity contribution in [2.45, 2.75) is 38.5 Å². The molecule has 1 saturated heterocycles. The molecule has 1 fully saturated rings. The van der Waals surface area contributed by atoms with Crippen LogP contribution in [0.5, 0.6) is 0 Å². The van der Waals surface area contributed by atoms with Crippen LogP contribution in [0.15, 0.2) is 83.4 Å². The third-order valence-corrected chi connectivity index (χ3v) is 7.22. The zero-order valence-corrected chi connectivity index (χ0v) is 20.2. The van der Waals surface area contributed by atoms with Crippen LogP contribution in [0, 0.1) is 0 Å². The maximum atomic E-state index is 4.33. The highest BCUT2D eigenvalue weighted by Gasteiger charge is 2.33. The highest BCUT2D eigenvalue weighted by atomic mass is 32.2. The predicted molar refractivity (Wildman–Crippen MR) is 136 cm³/mol. The van der Waals surface area contributed by atoms with Crippen LogP contribution in [0.4, 0.5) is 5.69 Å². The quantitative estimate of drug-likeness (QED) is 0.468. The minimum Gasteiger partial charge on any atom is -0.375 e. The molecule has 0 radical (unpaired) electrons. The Labute approximate surface area is 192 Å². The van der Waals surface area contributed by atoms with Gasteiger partial charge in [-0.05, 0) is 54.8 Å². The van der Waals surface area contributed by atoms with Gasteiger partial charge in [0.05, 0.1) is 0 Å². The highest BCUT2D eigenvalue weighted by molar-refractivity contribution is 8.07. The SMILES string of the molecule is C=C1C=C(C2CS2)C2=C(C=CCC(N(C)Cc3ccc(N(C)CCC)cc3)=C2)N1CC. The molecule has 4 heteroatoms. The number of allylic oxidation sites excluding steroid dienone is 5. The third kappa shape index (κ3) is 4.79. The van der Waals surface area contributed by atoms with Gasteiger partial charge in [0.25, 0.3) is 0 Å². The lowest BCUT2D eigenvalue weighted by atomic mass is 9.95. The molecule has 2 heterocycles. The summed E-state index contributed by atoms with van der Waals surface area (Å²) in [6.45, 7) is 11.7. The molecule has 1 aromatic rings. The minimum atomic E-state index is 0.628. The van der Waals surface area contributed by atoms with E-state index < -0.39 is 0 Å². The summed E-state index contributed by atoms with van der Waals surface area (Å²) in [7, 11) is 4.39. The fourth-order valence-electron chi connectivity index (χ4n) is 4.47. The van der Waals surface area contributed by atoms with Gasteiger partial charge in [0.15, 0.2) is 0 Å². The summed E-state index contributed by atoms with van der Waals surface area (Å²) in [6, 6.07) is 9.03. The van der Waals surface area contributed by atoms with E-state index in [-0.39, 0.29) is 0 Å². The van der Waals surface area contributed by atoms with Crippen molar-refractivity contribution < 1.29 is 0 Å². The van der Waals surface area contributed by atoms with Crippen LogP contribution < -0.4 is 4.90 Å². The first kappa shape index (κ1) is 21.9. The Morgan fingerprint density at radius 3 is 2.48 bits per heavy atom. The summed E-state index contributed by atoms with van der Waals surface area (Å²) >= 11 is 2.03. The van der Waals surface area contributed by atoms with Crippen molar-refractivity contribution in [2.75, 3.05) is 37.8 Å². The van der Waals surface area contributed by atoms with Gasteiger partial charge in [-0.15, -0.1) is 0 Å². The molecule has 2 aliphatic heterocycles. The molecule has 1 unspecified atom stereocenters. The van der Waals surface area contributed by atoms with Crippen LogP contribution in [-0.2, 0) is 6.54 Å². The molecule has 31 heavy (non-hydrogen) atoms. The fourth-order valence-corrected chi connectivity index (χ4v) is 5.12. The van der Waals surface area contributed by atoms with Crippen molar-refractivity contribution in [3.63, 3.8) is 0 Å². The zero-order valence-electron chi connectivity index (χ0n) is 19.4. The van der Waals surface area contributed by atoms with Crippen molar-refractivity contribution in [1.82, 2.24) is 9.80 Å². The van der Waals surface area contributed by atoms with Crippen molar-refractivity contribution in [3.8, 4) is 0 Å². The number of benzene rings is 1. The molecule has 1 aromatic carbocycles. The number of thioether (sulfide) groups is 1. The summed E-state index contributed by atoms with van der Waals surface area (Å²) in [4.78, 5) is 7.07. The molecular weight excluding hydrogens is 398 g/mol. The Hall–Kier alpha value is -2.33. The van der Waals surface area contributed by atoms with E-state index in [1.165, 1.54) is 46.0 Å². The average molecular weight is 434 g/mol. The van der Waals surface area contributed by atoms with Crippen LogP contribution in [-0.4, -0.2) is 48.0 Å². The molecule has 0 aromatic heterocycles. The van der Waals surface area contributed by atoms with Gasteiger partial charge in [0.1, 0.15) is 0 Å². The van der Waals surface area contributed by atoms with Gasteiger partial charge in [-0.2, -0.15) is 11.8 Å². The van der Waals surface area contributed by atoms with E-state index in [1.54, 1.807) is 0 Å². The smallest absolute Gasteiger partial charge is 0.0484 e. The summed E-state index contributed by atoms with van der Waals surface area (Å²) in [6.07, 6.45) is 11.5. The van der Waals surface area contributed by atoms with E-state index in [9.17, 15) is 0 Å². The topological polar surface area (TPSA) is 9.72 Å².